The zero-order valence-corrected chi connectivity index (χ0v) is 28.3. The van der Waals surface area contributed by atoms with Gasteiger partial charge >= 0.3 is 5.97 Å². The number of nitrogens with one attached hydrogen (secondary N) is 3. The van der Waals surface area contributed by atoms with Crippen molar-refractivity contribution in [3.63, 3.8) is 0 Å². The number of hydrogen-bond acceptors (Lipinski definition) is 7. The monoisotopic (exact) mass is 646 g/mol. The van der Waals surface area contributed by atoms with Gasteiger partial charge in [0.2, 0.25) is 10.0 Å². The van der Waals surface area contributed by atoms with E-state index >= 15 is 0 Å². The molecule has 250 valence electrons. The quantitative estimate of drug-likeness (QED) is 0.123. The van der Waals surface area contributed by atoms with Crippen molar-refractivity contribution in [3.8, 4) is 5.75 Å². The number of fused-ring (bicyclic) bond motifs is 1. The van der Waals surface area contributed by atoms with Crippen LogP contribution in [0, 0.1) is 6.92 Å². The number of rotatable bonds is 19. The van der Waals surface area contributed by atoms with Gasteiger partial charge in [-0.2, -0.15) is 0 Å². The van der Waals surface area contributed by atoms with Crippen molar-refractivity contribution in [1.82, 2.24) is 29.9 Å². The highest BCUT2D eigenvalue weighted by molar-refractivity contribution is 7.89. The average Bonchev–Trinajstić information content (AvgIpc) is 3.56. The molecule has 0 aliphatic carbocycles. The average molecular weight is 647 g/mol. The van der Waals surface area contributed by atoms with E-state index in [1.165, 1.54) is 31.7 Å². The Balaban J connectivity index is 1.79. The summed E-state index contributed by atoms with van der Waals surface area (Å²) in [7, 11) is -4.15. The second-order valence-corrected chi connectivity index (χ2v) is 14.5. The van der Waals surface area contributed by atoms with Crippen LogP contribution in [0.15, 0.2) is 29.2 Å². The maximum atomic E-state index is 13.8. The minimum Gasteiger partial charge on any atom is -0.481 e. The summed E-state index contributed by atoms with van der Waals surface area (Å²) in [6.07, 6.45) is 7.76. The van der Waals surface area contributed by atoms with Crippen LogP contribution in [0.4, 0.5) is 0 Å². The summed E-state index contributed by atoms with van der Waals surface area (Å²) in [6, 6.07) is 5.92. The van der Waals surface area contributed by atoms with Gasteiger partial charge in [0.05, 0.1) is 12.5 Å². The lowest BCUT2D eigenvalue weighted by molar-refractivity contribution is -0.137. The van der Waals surface area contributed by atoms with Crippen LogP contribution in [0.1, 0.15) is 122 Å². The van der Waals surface area contributed by atoms with Crippen molar-refractivity contribution in [3.05, 3.63) is 41.3 Å². The van der Waals surface area contributed by atoms with Gasteiger partial charge in [-0.1, -0.05) is 78.7 Å². The molecule has 1 aromatic carbocycles. The van der Waals surface area contributed by atoms with Crippen molar-refractivity contribution in [2.45, 2.75) is 128 Å². The number of aliphatic carboxylic acids is 1. The topological polar surface area (TPSA) is 168 Å². The molecule has 2 atom stereocenters. The van der Waals surface area contributed by atoms with Gasteiger partial charge in [-0.05, 0) is 44.4 Å². The van der Waals surface area contributed by atoms with Crippen molar-refractivity contribution in [2.24, 2.45) is 0 Å². The van der Waals surface area contributed by atoms with Gasteiger partial charge < -0.3 is 15.2 Å². The van der Waals surface area contributed by atoms with E-state index in [1.807, 2.05) is 6.07 Å². The van der Waals surface area contributed by atoms with Crippen LogP contribution in [0.3, 0.4) is 0 Å². The molecule has 1 amide bonds. The minimum atomic E-state index is -4.15. The number of aromatic amines is 1. The Morgan fingerprint density at radius 2 is 1.71 bits per heavy atom. The number of sulfonamides is 1. The Bertz CT molecular complexity index is 1520. The number of amides is 1. The van der Waals surface area contributed by atoms with Crippen LogP contribution >= 0.6 is 0 Å². The smallest absolute Gasteiger partial charge is 0.305 e. The predicted molar refractivity (Wildman–Crippen MR) is 173 cm³/mol. The van der Waals surface area contributed by atoms with Crippen LogP contribution < -0.4 is 14.8 Å². The lowest BCUT2D eigenvalue weighted by Crippen LogP contribution is -2.39. The molecule has 0 spiro atoms. The van der Waals surface area contributed by atoms with Gasteiger partial charge in [0.1, 0.15) is 10.6 Å². The van der Waals surface area contributed by atoms with E-state index in [2.05, 4.69) is 53.0 Å². The molecule has 2 unspecified atom stereocenters. The molecule has 3 aromatic rings. The summed E-state index contributed by atoms with van der Waals surface area (Å²) in [5.74, 6) is -1.07. The molecular weight excluding hydrogens is 596 g/mol. The van der Waals surface area contributed by atoms with Gasteiger partial charge in [0.15, 0.2) is 17.6 Å². The molecule has 4 N–H and O–H groups in total. The van der Waals surface area contributed by atoms with Crippen molar-refractivity contribution in [2.75, 3.05) is 6.54 Å². The molecule has 2 heterocycles. The summed E-state index contributed by atoms with van der Waals surface area (Å²) in [6.45, 7) is 11.8. The van der Waals surface area contributed by atoms with E-state index in [0.29, 0.717) is 29.9 Å². The van der Waals surface area contributed by atoms with Crippen molar-refractivity contribution >= 4 is 27.5 Å². The molecule has 0 saturated heterocycles. The lowest BCUT2D eigenvalue weighted by Gasteiger charge is -2.22. The van der Waals surface area contributed by atoms with Crippen LogP contribution in [-0.2, 0) is 25.0 Å². The number of carboxylic acid groups (broad SMARTS) is 1. The fraction of sp³-hybridized carbons (Fsp3) is 0.625. The first kappa shape index (κ1) is 36.0. The first-order valence-electron chi connectivity index (χ1n) is 16.0. The molecule has 0 fully saturated rings. The molecule has 0 radical (unpaired) electrons. The molecule has 2 aromatic heterocycles. The number of unbranched alkanes of at least 4 members (excludes halogenated alkanes) is 7. The van der Waals surface area contributed by atoms with Gasteiger partial charge in [-0.3, -0.25) is 14.7 Å². The number of ether oxygens (including phenoxy) is 1. The van der Waals surface area contributed by atoms with E-state index in [-0.39, 0.29) is 29.0 Å². The number of aryl methyl sites for hydroxylation is 1. The number of carboxylic acids is 1. The highest BCUT2D eigenvalue weighted by atomic mass is 32.2. The van der Waals surface area contributed by atoms with Crippen LogP contribution in [0.25, 0.3) is 5.65 Å². The molecule has 13 heteroatoms. The van der Waals surface area contributed by atoms with E-state index < -0.39 is 34.0 Å². The second kappa shape index (κ2) is 16.2. The van der Waals surface area contributed by atoms with Crippen LogP contribution in [0.5, 0.6) is 5.75 Å². The summed E-state index contributed by atoms with van der Waals surface area (Å²) in [5.41, 5.74) is 2.05. The predicted octanol–water partition coefficient (Wildman–Crippen LogP) is 5.57. The standard InChI is InChI=1S/C32H50N6O6S/c1-7-8-9-10-11-12-13-14-15-25(31(41)33-19-18-29(39)40)44-24-17-16-22(2)20-26(24)45(42,43)37-23(3)30-35-34-28-21-27(32(4,5)6)36-38(28)30/h16-17,20-21,23,25,36-37H,7-15,18-19H2,1-6H3,(H,33,41)(H,39,40). The molecule has 45 heavy (non-hydrogen) atoms. The Morgan fingerprint density at radius 1 is 1.04 bits per heavy atom. The second-order valence-electron chi connectivity index (χ2n) is 12.8. The highest BCUT2D eigenvalue weighted by Crippen LogP contribution is 2.29. The van der Waals surface area contributed by atoms with Crippen LogP contribution in [-0.4, -0.2) is 57.9 Å². The third-order valence-corrected chi connectivity index (χ3v) is 9.22. The Kier molecular flexibility index (Phi) is 13.0. The molecule has 0 saturated carbocycles. The molecule has 0 aliphatic heterocycles. The number of benzene rings is 1. The first-order chi connectivity index (χ1) is 21.2. The largest absolute Gasteiger partial charge is 0.481 e. The Morgan fingerprint density at radius 3 is 2.36 bits per heavy atom. The number of H-pyrrole nitrogens is 1. The number of carbonyl (C=O) groups is 2. The van der Waals surface area contributed by atoms with E-state index in [4.69, 9.17) is 9.84 Å². The van der Waals surface area contributed by atoms with Crippen molar-refractivity contribution in [1.29, 1.82) is 0 Å². The third kappa shape index (κ3) is 10.6. The number of nitrogens with zero attached hydrogens (tertiary/aromatic N) is 3. The first-order valence-corrected chi connectivity index (χ1v) is 17.4. The fourth-order valence-corrected chi connectivity index (χ4v) is 6.42. The zero-order chi connectivity index (χ0) is 33.2. The van der Waals surface area contributed by atoms with Gasteiger partial charge in [0.25, 0.3) is 5.91 Å². The third-order valence-electron chi connectivity index (χ3n) is 7.65. The summed E-state index contributed by atoms with van der Waals surface area (Å²) < 4.78 is 38.1. The Hall–Kier alpha value is -3.45. The zero-order valence-electron chi connectivity index (χ0n) is 27.5. The SMILES string of the molecule is CCCCCCCCCCC(Oc1ccc(C)cc1S(=O)(=O)NC(C)c1nnc2cc(C(C)(C)C)[nH]n12)C(=O)NCCC(=O)O. The summed E-state index contributed by atoms with van der Waals surface area (Å²) in [4.78, 5) is 24.0. The lowest BCUT2D eigenvalue weighted by atomic mass is 9.93. The minimum absolute atomic E-state index is 0.0412. The maximum absolute atomic E-state index is 13.8. The summed E-state index contributed by atoms with van der Waals surface area (Å²) in [5, 5.41) is 23.3. The summed E-state index contributed by atoms with van der Waals surface area (Å²) >= 11 is 0. The van der Waals surface area contributed by atoms with E-state index in [1.54, 1.807) is 30.5 Å². The molecule has 0 bridgehead atoms. The normalized spacial score (nSPS) is 13.6. The van der Waals surface area contributed by atoms with Crippen LogP contribution in [0.2, 0.25) is 0 Å². The number of carbonyl (C=O) groups excluding carboxylic acids is 1. The van der Waals surface area contributed by atoms with E-state index in [9.17, 15) is 18.0 Å². The molecule has 12 nitrogen and oxygen atoms in total. The highest BCUT2D eigenvalue weighted by Gasteiger charge is 2.29. The maximum Gasteiger partial charge on any atom is 0.305 e. The molecular formula is C32H50N6O6S. The Labute approximate surface area is 266 Å². The number of aromatic nitrogens is 4. The van der Waals surface area contributed by atoms with Crippen molar-refractivity contribution < 1.29 is 27.9 Å². The number of hydrogen-bond donors (Lipinski definition) is 4. The van der Waals surface area contributed by atoms with Gasteiger partial charge in [0, 0.05) is 23.7 Å². The fourth-order valence-electron chi connectivity index (χ4n) is 5.00. The molecule has 0 aliphatic rings. The van der Waals surface area contributed by atoms with Gasteiger partial charge in [-0.25, -0.2) is 17.7 Å². The van der Waals surface area contributed by atoms with E-state index in [0.717, 1.165) is 25.0 Å². The molecule has 3 rings (SSSR count). The van der Waals surface area contributed by atoms with Gasteiger partial charge in [-0.15, -0.1) is 10.2 Å².